The Morgan fingerprint density at radius 1 is 1.35 bits per heavy atom. The standard InChI is InChI=1S/C15H18BrN3O/c1-10(2)20-15-11(4-3-7-18-15)9-19-14-6-5-12(17)8-13(14)16/h3-8,10,19H,9,17H2,1-2H3. The van der Waals surface area contributed by atoms with Crippen molar-refractivity contribution >= 4 is 27.3 Å². The first kappa shape index (κ1) is 14.7. The Labute approximate surface area is 127 Å². The summed E-state index contributed by atoms with van der Waals surface area (Å²) in [5, 5.41) is 3.35. The minimum Gasteiger partial charge on any atom is -0.475 e. The lowest BCUT2D eigenvalue weighted by atomic mass is 10.2. The van der Waals surface area contributed by atoms with E-state index in [0.717, 1.165) is 21.4 Å². The second-order valence-corrected chi connectivity index (χ2v) is 5.58. The number of nitrogen functional groups attached to an aromatic ring is 1. The van der Waals surface area contributed by atoms with E-state index in [9.17, 15) is 0 Å². The molecule has 0 aliphatic rings. The van der Waals surface area contributed by atoms with Crippen LogP contribution in [-0.2, 0) is 6.54 Å². The van der Waals surface area contributed by atoms with E-state index in [1.165, 1.54) is 0 Å². The van der Waals surface area contributed by atoms with Gasteiger partial charge in [0.25, 0.3) is 0 Å². The number of aromatic nitrogens is 1. The van der Waals surface area contributed by atoms with Crippen LogP contribution in [0, 0.1) is 0 Å². The maximum Gasteiger partial charge on any atom is 0.218 e. The molecule has 0 fully saturated rings. The Morgan fingerprint density at radius 3 is 2.85 bits per heavy atom. The molecule has 0 saturated carbocycles. The molecular weight excluding hydrogens is 318 g/mol. The molecule has 4 nitrogen and oxygen atoms in total. The zero-order valence-corrected chi connectivity index (χ0v) is 13.1. The lowest BCUT2D eigenvalue weighted by Crippen LogP contribution is -2.10. The molecule has 0 bridgehead atoms. The summed E-state index contributed by atoms with van der Waals surface area (Å²) in [6.07, 6.45) is 1.84. The molecule has 2 rings (SSSR count). The molecule has 20 heavy (non-hydrogen) atoms. The second kappa shape index (κ2) is 6.61. The highest BCUT2D eigenvalue weighted by Gasteiger charge is 2.07. The van der Waals surface area contributed by atoms with Crippen LogP contribution in [0.15, 0.2) is 41.0 Å². The van der Waals surface area contributed by atoms with Gasteiger partial charge in [-0.1, -0.05) is 6.07 Å². The molecule has 0 atom stereocenters. The van der Waals surface area contributed by atoms with Gasteiger partial charge in [0.1, 0.15) is 0 Å². The van der Waals surface area contributed by atoms with Crippen LogP contribution < -0.4 is 15.8 Å². The van der Waals surface area contributed by atoms with Gasteiger partial charge in [-0.25, -0.2) is 4.98 Å². The number of rotatable bonds is 5. The predicted octanol–water partition coefficient (Wildman–Crippen LogP) is 3.83. The normalized spacial score (nSPS) is 10.6. The molecule has 0 saturated heterocycles. The van der Waals surface area contributed by atoms with Crippen LogP contribution in [0.4, 0.5) is 11.4 Å². The first-order chi connectivity index (χ1) is 9.56. The number of halogens is 1. The molecule has 0 radical (unpaired) electrons. The predicted molar refractivity (Wildman–Crippen MR) is 85.9 cm³/mol. The van der Waals surface area contributed by atoms with Crippen molar-refractivity contribution in [3.63, 3.8) is 0 Å². The Hall–Kier alpha value is -1.75. The number of nitrogens with zero attached hydrogens (tertiary/aromatic N) is 1. The molecule has 106 valence electrons. The van der Waals surface area contributed by atoms with E-state index in [0.29, 0.717) is 12.4 Å². The molecule has 1 aromatic heterocycles. The van der Waals surface area contributed by atoms with Gasteiger partial charge in [-0.15, -0.1) is 0 Å². The van der Waals surface area contributed by atoms with Crippen molar-refractivity contribution in [2.45, 2.75) is 26.5 Å². The highest BCUT2D eigenvalue weighted by Crippen LogP contribution is 2.26. The average Bonchev–Trinajstić information content (AvgIpc) is 2.39. The number of benzene rings is 1. The van der Waals surface area contributed by atoms with Gasteiger partial charge in [-0.05, 0) is 54.0 Å². The molecule has 0 aliphatic heterocycles. The Bertz CT molecular complexity index is 587. The zero-order chi connectivity index (χ0) is 14.5. The number of nitrogens with one attached hydrogen (secondary N) is 1. The minimum atomic E-state index is 0.104. The fraction of sp³-hybridized carbons (Fsp3) is 0.267. The number of hydrogen-bond donors (Lipinski definition) is 2. The molecule has 1 aromatic carbocycles. The van der Waals surface area contributed by atoms with E-state index < -0.39 is 0 Å². The number of ether oxygens (including phenoxy) is 1. The fourth-order valence-electron chi connectivity index (χ4n) is 1.75. The van der Waals surface area contributed by atoms with Gasteiger partial charge in [0.15, 0.2) is 0 Å². The Kier molecular flexibility index (Phi) is 4.84. The third-order valence-corrected chi connectivity index (χ3v) is 3.32. The third kappa shape index (κ3) is 3.87. The number of nitrogens with two attached hydrogens (primary N) is 1. The Balaban J connectivity index is 2.10. The highest BCUT2D eigenvalue weighted by atomic mass is 79.9. The minimum absolute atomic E-state index is 0.104. The monoisotopic (exact) mass is 335 g/mol. The SMILES string of the molecule is CC(C)Oc1ncccc1CNc1ccc(N)cc1Br. The summed E-state index contributed by atoms with van der Waals surface area (Å²) in [6.45, 7) is 4.61. The molecule has 0 aliphatic carbocycles. The summed E-state index contributed by atoms with van der Waals surface area (Å²) in [4.78, 5) is 4.27. The van der Waals surface area contributed by atoms with E-state index in [1.807, 2.05) is 44.2 Å². The molecule has 0 spiro atoms. The summed E-state index contributed by atoms with van der Waals surface area (Å²) in [6, 6.07) is 9.59. The number of anilines is 2. The molecule has 3 N–H and O–H groups in total. The van der Waals surface area contributed by atoms with Crippen molar-refractivity contribution in [1.82, 2.24) is 4.98 Å². The van der Waals surface area contributed by atoms with Crippen LogP contribution in [0.3, 0.4) is 0 Å². The molecule has 5 heteroatoms. The van der Waals surface area contributed by atoms with Gasteiger partial charge < -0.3 is 15.8 Å². The van der Waals surface area contributed by atoms with Crippen LogP contribution in [0.25, 0.3) is 0 Å². The lowest BCUT2D eigenvalue weighted by molar-refractivity contribution is 0.230. The summed E-state index contributed by atoms with van der Waals surface area (Å²) < 4.78 is 6.64. The van der Waals surface area contributed by atoms with Crippen molar-refractivity contribution in [3.05, 3.63) is 46.6 Å². The van der Waals surface area contributed by atoms with E-state index in [2.05, 4.69) is 26.2 Å². The average molecular weight is 336 g/mol. The number of pyridine rings is 1. The number of hydrogen-bond acceptors (Lipinski definition) is 4. The van der Waals surface area contributed by atoms with Crippen molar-refractivity contribution in [2.75, 3.05) is 11.1 Å². The molecule has 0 amide bonds. The van der Waals surface area contributed by atoms with Crippen LogP contribution >= 0.6 is 15.9 Å². The smallest absolute Gasteiger partial charge is 0.218 e. The Morgan fingerprint density at radius 2 is 2.15 bits per heavy atom. The zero-order valence-electron chi connectivity index (χ0n) is 11.6. The molecule has 0 unspecified atom stereocenters. The van der Waals surface area contributed by atoms with Crippen molar-refractivity contribution in [3.8, 4) is 5.88 Å². The van der Waals surface area contributed by atoms with E-state index in [-0.39, 0.29) is 6.10 Å². The fourth-order valence-corrected chi connectivity index (χ4v) is 2.29. The van der Waals surface area contributed by atoms with Gasteiger partial charge in [-0.2, -0.15) is 0 Å². The van der Waals surface area contributed by atoms with Gasteiger partial charge >= 0.3 is 0 Å². The summed E-state index contributed by atoms with van der Waals surface area (Å²) in [5.41, 5.74) is 8.46. The first-order valence-electron chi connectivity index (χ1n) is 6.45. The lowest BCUT2D eigenvalue weighted by Gasteiger charge is -2.14. The molecule has 1 heterocycles. The van der Waals surface area contributed by atoms with E-state index in [1.54, 1.807) is 6.20 Å². The van der Waals surface area contributed by atoms with Gasteiger partial charge in [0.2, 0.25) is 5.88 Å². The quantitative estimate of drug-likeness (QED) is 0.815. The summed E-state index contributed by atoms with van der Waals surface area (Å²) in [7, 11) is 0. The molecule has 2 aromatic rings. The van der Waals surface area contributed by atoms with Crippen LogP contribution in [-0.4, -0.2) is 11.1 Å². The molecular formula is C15H18BrN3O. The topological polar surface area (TPSA) is 60.2 Å². The second-order valence-electron chi connectivity index (χ2n) is 4.73. The first-order valence-corrected chi connectivity index (χ1v) is 7.25. The van der Waals surface area contributed by atoms with Gasteiger partial charge in [0, 0.05) is 34.2 Å². The van der Waals surface area contributed by atoms with Crippen LogP contribution in [0.2, 0.25) is 0 Å². The summed E-state index contributed by atoms with van der Waals surface area (Å²) in [5.74, 6) is 0.668. The van der Waals surface area contributed by atoms with Gasteiger partial charge in [0.05, 0.1) is 6.10 Å². The van der Waals surface area contributed by atoms with E-state index in [4.69, 9.17) is 10.5 Å². The van der Waals surface area contributed by atoms with Crippen LogP contribution in [0.5, 0.6) is 5.88 Å². The maximum atomic E-state index is 5.73. The summed E-state index contributed by atoms with van der Waals surface area (Å²) >= 11 is 3.49. The van der Waals surface area contributed by atoms with E-state index >= 15 is 0 Å². The van der Waals surface area contributed by atoms with Crippen molar-refractivity contribution in [1.29, 1.82) is 0 Å². The van der Waals surface area contributed by atoms with Crippen molar-refractivity contribution < 1.29 is 4.74 Å². The largest absolute Gasteiger partial charge is 0.475 e. The maximum absolute atomic E-state index is 5.73. The third-order valence-electron chi connectivity index (χ3n) is 2.66. The highest BCUT2D eigenvalue weighted by molar-refractivity contribution is 9.10. The van der Waals surface area contributed by atoms with Crippen molar-refractivity contribution in [2.24, 2.45) is 0 Å². The van der Waals surface area contributed by atoms with Gasteiger partial charge in [-0.3, -0.25) is 0 Å². The van der Waals surface area contributed by atoms with Crippen LogP contribution in [0.1, 0.15) is 19.4 Å².